The second kappa shape index (κ2) is 6.85. The van der Waals surface area contributed by atoms with Crippen LogP contribution < -0.4 is 10.1 Å². The molecule has 2 heterocycles. The summed E-state index contributed by atoms with van der Waals surface area (Å²) in [7, 11) is 0. The van der Waals surface area contributed by atoms with Gasteiger partial charge in [0.1, 0.15) is 17.4 Å². The molecular weight excluding hydrogens is 305 g/mol. The summed E-state index contributed by atoms with van der Waals surface area (Å²) in [6.45, 7) is 4.27. The predicted octanol–water partition coefficient (Wildman–Crippen LogP) is 2.50. The number of dihydropyridines is 1. The van der Waals surface area contributed by atoms with Crippen LogP contribution in [0.1, 0.15) is 19.3 Å². The molecule has 1 N–H and O–H groups in total. The number of hydrogen-bond acceptors (Lipinski definition) is 4. The first-order valence-corrected chi connectivity index (χ1v) is 8.76. The van der Waals surface area contributed by atoms with Crippen LogP contribution in [0, 0.1) is 11.9 Å². The van der Waals surface area contributed by atoms with Crippen molar-refractivity contribution in [1.29, 1.82) is 0 Å². The van der Waals surface area contributed by atoms with Gasteiger partial charge in [-0.05, 0) is 49.3 Å². The average Bonchev–Trinajstić information content (AvgIpc) is 2.56. The van der Waals surface area contributed by atoms with Crippen LogP contribution in [0.5, 0.6) is 5.75 Å². The van der Waals surface area contributed by atoms with Crippen molar-refractivity contribution in [3.05, 3.63) is 54.1 Å². The average molecular weight is 328 g/mol. The first-order chi connectivity index (χ1) is 11.8. The maximum Gasteiger partial charge on any atom is 0.190 e. The monoisotopic (exact) mass is 328 g/mol. The van der Waals surface area contributed by atoms with Crippen molar-refractivity contribution < 1.29 is 9.13 Å². The van der Waals surface area contributed by atoms with Crippen molar-refractivity contribution in [3.63, 3.8) is 0 Å². The van der Waals surface area contributed by atoms with Gasteiger partial charge >= 0.3 is 0 Å². The molecule has 1 atom stereocenters. The molecule has 4 rings (SSSR count). The van der Waals surface area contributed by atoms with E-state index in [1.54, 1.807) is 12.1 Å². The van der Waals surface area contributed by atoms with Crippen molar-refractivity contribution >= 4 is 0 Å². The quantitative estimate of drug-likeness (QED) is 0.919. The van der Waals surface area contributed by atoms with E-state index in [9.17, 15) is 4.39 Å². The van der Waals surface area contributed by atoms with Gasteiger partial charge in [-0.3, -0.25) is 4.90 Å². The minimum absolute atomic E-state index is 0.253. The fourth-order valence-electron chi connectivity index (χ4n) is 3.41. The molecule has 4 nitrogen and oxygen atoms in total. The molecule has 5 heteroatoms. The summed E-state index contributed by atoms with van der Waals surface area (Å²) in [5.41, 5.74) is 0. The van der Waals surface area contributed by atoms with Gasteiger partial charge in [-0.15, -0.1) is 0 Å². The number of nitrogens with zero attached hydrogens (tertiary/aromatic N) is 2. The normalized spacial score (nSPS) is 25.0. The molecule has 1 radical (unpaired) electrons. The number of halogens is 1. The van der Waals surface area contributed by atoms with Gasteiger partial charge in [0, 0.05) is 38.3 Å². The fourth-order valence-corrected chi connectivity index (χ4v) is 3.41. The SMILES string of the molecule is Fc1ccc(OC2C=C[C]=C(N3CCN(C4CCC4)CC3)N2)cc1. The number of piperazine rings is 1. The molecule has 3 aliphatic rings. The Bertz CT molecular complexity index is 616. The summed E-state index contributed by atoms with van der Waals surface area (Å²) in [5, 5.41) is 3.37. The van der Waals surface area contributed by atoms with E-state index in [4.69, 9.17) is 4.74 Å². The minimum atomic E-state index is -0.257. The molecule has 24 heavy (non-hydrogen) atoms. The Balaban J connectivity index is 1.31. The molecule has 0 aromatic heterocycles. The summed E-state index contributed by atoms with van der Waals surface area (Å²) < 4.78 is 18.8. The zero-order valence-corrected chi connectivity index (χ0v) is 13.7. The van der Waals surface area contributed by atoms with E-state index in [1.807, 2.05) is 12.2 Å². The third kappa shape index (κ3) is 3.41. The first-order valence-electron chi connectivity index (χ1n) is 8.76. The van der Waals surface area contributed by atoms with Crippen LogP contribution in [0.2, 0.25) is 0 Å². The van der Waals surface area contributed by atoms with Gasteiger partial charge in [0.25, 0.3) is 0 Å². The summed E-state index contributed by atoms with van der Waals surface area (Å²) in [6, 6.07) is 6.92. The van der Waals surface area contributed by atoms with Crippen LogP contribution in [0.3, 0.4) is 0 Å². The van der Waals surface area contributed by atoms with E-state index in [-0.39, 0.29) is 12.0 Å². The van der Waals surface area contributed by atoms with Crippen molar-refractivity contribution in [2.75, 3.05) is 26.2 Å². The number of rotatable bonds is 4. The predicted molar refractivity (Wildman–Crippen MR) is 90.6 cm³/mol. The highest BCUT2D eigenvalue weighted by Crippen LogP contribution is 2.26. The molecule has 0 spiro atoms. The molecular formula is C19H23FN3O. The molecule has 1 saturated carbocycles. The van der Waals surface area contributed by atoms with Gasteiger partial charge in [0.2, 0.25) is 0 Å². The Hall–Kier alpha value is -2.01. The maximum atomic E-state index is 13.0. The van der Waals surface area contributed by atoms with Gasteiger partial charge < -0.3 is 15.0 Å². The third-order valence-electron chi connectivity index (χ3n) is 5.07. The van der Waals surface area contributed by atoms with Crippen LogP contribution in [0.25, 0.3) is 0 Å². The van der Waals surface area contributed by atoms with Crippen molar-refractivity contribution in [2.45, 2.75) is 31.5 Å². The summed E-state index contributed by atoms with van der Waals surface area (Å²) >= 11 is 0. The Morgan fingerprint density at radius 1 is 1.08 bits per heavy atom. The Morgan fingerprint density at radius 2 is 1.83 bits per heavy atom. The van der Waals surface area contributed by atoms with Crippen LogP contribution in [0.4, 0.5) is 4.39 Å². The van der Waals surface area contributed by atoms with Gasteiger partial charge in [0.05, 0.1) is 0 Å². The van der Waals surface area contributed by atoms with E-state index in [1.165, 1.54) is 31.4 Å². The van der Waals surface area contributed by atoms with E-state index in [0.717, 1.165) is 38.0 Å². The van der Waals surface area contributed by atoms with Gasteiger partial charge in [-0.2, -0.15) is 0 Å². The van der Waals surface area contributed by atoms with Crippen LogP contribution in [-0.4, -0.2) is 48.2 Å². The van der Waals surface area contributed by atoms with Crippen LogP contribution >= 0.6 is 0 Å². The lowest BCUT2D eigenvalue weighted by atomic mass is 9.91. The van der Waals surface area contributed by atoms with E-state index in [0.29, 0.717) is 5.75 Å². The highest BCUT2D eigenvalue weighted by molar-refractivity contribution is 5.24. The number of hydrogen-bond donors (Lipinski definition) is 1. The Kier molecular flexibility index (Phi) is 4.43. The third-order valence-corrected chi connectivity index (χ3v) is 5.07. The topological polar surface area (TPSA) is 27.7 Å². The molecule has 1 unspecified atom stereocenters. The van der Waals surface area contributed by atoms with E-state index in [2.05, 4.69) is 21.2 Å². The lowest BCUT2D eigenvalue weighted by Gasteiger charge is -2.44. The molecule has 1 aromatic carbocycles. The Morgan fingerprint density at radius 3 is 2.50 bits per heavy atom. The standard InChI is InChI=1S/C19H23FN3O/c20-15-7-9-17(10-8-15)24-19-6-2-5-18(21-19)23-13-11-22(12-14-23)16-3-1-4-16/h2,6-10,16,19,21H,1,3-4,11-14H2. The smallest absolute Gasteiger partial charge is 0.190 e. The molecule has 1 aliphatic carbocycles. The van der Waals surface area contributed by atoms with Gasteiger partial charge in [-0.25, -0.2) is 4.39 Å². The molecule has 1 aromatic rings. The molecule has 2 aliphatic heterocycles. The maximum absolute atomic E-state index is 13.0. The molecule has 2 fully saturated rings. The molecule has 0 bridgehead atoms. The van der Waals surface area contributed by atoms with E-state index < -0.39 is 0 Å². The summed E-state index contributed by atoms with van der Waals surface area (Å²) in [6.07, 6.45) is 11.0. The minimum Gasteiger partial charge on any atom is -0.467 e. The lowest BCUT2D eigenvalue weighted by Crippen LogP contribution is -2.54. The molecule has 0 amide bonds. The van der Waals surface area contributed by atoms with Crippen LogP contribution in [-0.2, 0) is 0 Å². The second-order valence-electron chi connectivity index (χ2n) is 6.60. The fraction of sp³-hybridized carbons (Fsp3) is 0.474. The summed E-state index contributed by atoms with van der Waals surface area (Å²) in [5.74, 6) is 1.38. The number of nitrogens with one attached hydrogen (secondary N) is 1. The molecule has 1 saturated heterocycles. The van der Waals surface area contributed by atoms with Crippen molar-refractivity contribution in [1.82, 2.24) is 15.1 Å². The number of benzene rings is 1. The van der Waals surface area contributed by atoms with Gasteiger partial charge in [0.15, 0.2) is 6.23 Å². The highest BCUT2D eigenvalue weighted by Gasteiger charge is 2.29. The lowest BCUT2D eigenvalue weighted by molar-refractivity contribution is 0.0676. The van der Waals surface area contributed by atoms with Crippen molar-refractivity contribution in [3.8, 4) is 5.75 Å². The van der Waals surface area contributed by atoms with Crippen molar-refractivity contribution in [2.24, 2.45) is 0 Å². The summed E-state index contributed by atoms with van der Waals surface area (Å²) in [4.78, 5) is 4.95. The number of ether oxygens (including phenoxy) is 1. The van der Waals surface area contributed by atoms with E-state index >= 15 is 0 Å². The molecule has 127 valence electrons. The highest BCUT2D eigenvalue weighted by atomic mass is 19.1. The Labute approximate surface area is 142 Å². The first kappa shape index (κ1) is 15.5. The van der Waals surface area contributed by atoms with Crippen LogP contribution in [0.15, 0.2) is 42.2 Å². The zero-order valence-electron chi connectivity index (χ0n) is 13.7. The largest absolute Gasteiger partial charge is 0.467 e. The zero-order chi connectivity index (χ0) is 16.4. The number of allylic oxidation sites excluding steroid dienone is 2. The van der Waals surface area contributed by atoms with Gasteiger partial charge in [-0.1, -0.05) is 6.42 Å². The second-order valence-corrected chi connectivity index (χ2v) is 6.60.